The highest BCUT2D eigenvalue weighted by Gasteiger charge is 2.25. The van der Waals surface area contributed by atoms with Crippen LogP contribution in [0.2, 0.25) is 0 Å². The molecule has 0 aromatic heterocycles. The van der Waals surface area contributed by atoms with E-state index >= 15 is 0 Å². The summed E-state index contributed by atoms with van der Waals surface area (Å²) in [5, 5.41) is 16.8. The van der Waals surface area contributed by atoms with Gasteiger partial charge in [-0.25, -0.2) is 0 Å². The average Bonchev–Trinajstić information content (AvgIpc) is 2.23. The summed E-state index contributed by atoms with van der Waals surface area (Å²) in [4.78, 5) is 0. The van der Waals surface area contributed by atoms with Gasteiger partial charge < -0.3 is 15.7 Å². The van der Waals surface area contributed by atoms with Crippen LogP contribution in [0.25, 0.3) is 0 Å². The Hall–Kier alpha value is -0.120. The summed E-state index contributed by atoms with van der Waals surface area (Å²) < 4.78 is 0. The van der Waals surface area contributed by atoms with Crippen LogP contribution in [0.5, 0.6) is 0 Å². The van der Waals surface area contributed by atoms with Crippen LogP contribution in [0.4, 0.5) is 0 Å². The van der Waals surface area contributed by atoms with Crippen molar-refractivity contribution >= 4 is 0 Å². The summed E-state index contributed by atoms with van der Waals surface area (Å²) in [5.74, 6) is 0. The second-order valence-corrected chi connectivity index (χ2v) is 4.65. The minimum absolute atomic E-state index is 0.0985. The van der Waals surface area contributed by atoms with E-state index < -0.39 is 0 Å². The Balaban J connectivity index is 1.76. The number of hydrogen-bond acceptors (Lipinski definition) is 3. The molecule has 0 bridgehead atoms. The van der Waals surface area contributed by atoms with E-state index in [1.54, 1.807) is 0 Å². The Morgan fingerprint density at radius 3 is 2.43 bits per heavy atom. The number of nitrogens with one attached hydrogen (secondary N) is 2. The van der Waals surface area contributed by atoms with E-state index in [0.29, 0.717) is 12.1 Å². The maximum Gasteiger partial charge on any atom is 0.0693 e. The van der Waals surface area contributed by atoms with Gasteiger partial charge in [0.2, 0.25) is 0 Å². The van der Waals surface area contributed by atoms with Crippen LogP contribution in [0, 0.1) is 0 Å². The Morgan fingerprint density at radius 1 is 1.00 bits per heavy atom. The largest absolute Gasteiger partial charge is 0.392 e. The molecular formula is C11H22N2O. The van der Waals surface area contributed by atoms with Crippen molar-refractivity contribution in [2.24, 2.45) is 0 Å². The van der Waals surface area contributed by atoms with Gasteiger partial charge in [-0.15, -0.1) is 0 Å². The first-order valence-electron chi connectivity index (χ1n) is 6.01. The molecular weight excluding hydrogens is 176 g/mol. The van der Waals surface area contributed by atoms with Gasteiger partial charge in [0.1, 0.15) is 0 Å². The first-order chi connectivity index (χ1) is 6.86. The molecule has 0 aromatic carbocycles. The van der Waals surface area contributed by atoms with Crippen molar-refractivity contribution in [2.75, 3.05) is 13.1 Å². The molecule has 0 radical (unpaired) electrons. The fourth-order valence-corrected chi connectivity index (χ4v) is 2.60. The molecule has 0 aromatic rings. The van der Waals surface area contributed by atoms with E-state index in [4.69, 9.17) is 0 Å². The highest BCUT2D eigenvalue weighted by atomic mass is 16.3. The molecule has 1 saturated carbocycles. The summed E-state index contributed by atoms with van der Waals surface area (Å²) in [7, 11) is 0. The fourth-order valence-electron chi connectivity index (χ4n) is 2.60. The van der Waals surface area contributed by atoms with Gasteiger partial charge in [-0.3, -0.25) is 0 Å². The summed E-state index contributed by atoms with van der Waals surface area (Å²) in [6.45, 7) is 2.25. The first kappa shape index (κ1) is 10.4. The molecule has 2 rings (SSSR count). The van der Waals surface area contributed by atoms with Crippen molar-refractivity contribution in [3.05, 3.63) is 0 Å². The quantitative estimate of drug-likeness (QED) is 0.610. The van der Waals surface area contributed by atoms with Crippen LogP contribution in [0.3, 0.4) is 0 Å². The van der Waals surface area contributed by atoms with E-state index in [-0.39, 0.29) is 6.10 Å². The molecule has 3 heteroatoms. The smallest absolute Gasteiger partial charge is 0.0693 e. The molecule has 14 heavy (non-hydrogen) atoms. The lowest BCUT2D eigenvalue weighted by Gasteiger charge is -2.34. The van der Waals surface area contributed by atoms with Crippen molar-refractivity contribution in [1.29, 1.82) is 0 Å². The zero-order chi connectivity index (χ0) is 9.80. The molecule has 0 amide bonds. The monoisotopic (exact) mass is 198 g/mol. The predicted octanol–water partition coefficient (Wildman–Crippen LogP) is 0.631. The highest BCUT2D eigenvalue weighted by Crippen LogP contribution is 2.19. The molecule has 82 valence electrons. The van der Waals surface area contributed by atoms with Crippen LogP contribution in [-0.2, 0) is 0 Å². The Morgan fingerprint density at radius 2 is 1.71 bits per heavy atom. The van der Waals surface area contributed by atoms with Gasteiger partial charge in [-0.1, -0.05) is 12.8 Å². The Labute approximate surface area is 86.3 Å². The topological polar surface area (TPSA) is 44.3 Å². The molecule has 1 aliphatic heterocycles. The molecule has 0 unspecified atom stereocenters. The van der Waals surface area contributed by atoms with Crippen LogP contribution >= 0.6 is 0 Å². The third kappa shape index (κ3) is 2.69. The van der Waals surface area contributed by atoms with Crippen LogP contribution < -0.4 is 10.6 Å². The maximum absolute atomic E-state index is 9.82. The van der Waals surface area contributed by atoms with Gasteiger partial charge in [0.15, 0.2) is 0 Å². The van der Waals surface area contributed by atoms with Gasteiger partial charge in [-0.2, -0.15) is 0 Å². The molecule has 2 atom stereocenters. The molecule has 2 fully saturated rings. The van der Waals surface area contributed by atoms with Crippen molar-refractivity contribution in [3.8, 4) is 0 Å². The molecule has 1 aliphatic carbocycles. The second kappa shape index (κ2) is 5.10. The summed E-state index contributed by atoms with van der Waals surface area (Å²) in [6.07, 6.45) is 6.95. The van der Waals surface area contributed by atoms with E-state index in [2.05, 4.69) is 10.6 Å². The van der Waals surface area contributed by atoms with E-state index in [9.17, 15) is 5.11 Å². The third-order valence-electron chi connectivity index (χ3n) is 3.52. The Kier molecular flexibility index (Phi) is 3.79. The van der Waals surface area contributed by atoms with Crippen LogP contribution in [-0.4, -0.2) is 36.4 Å². The zero-order valence-electron chi connectivity index (χ0n) is 8.84. The SMILES string of the molecule is O[C@H]1CCCC[C@@H]1NC1CCNCC1. The van der Waals surface area contributed by atoms with Crippen molar-refractivity contribution < 1.29 is 5.11 Å². The number of piperidine rings is 1. The standard InChI is InChI=1S/C11H22N2O/c14-11-4-2-1-3-10(11)13-9-5-7-12-8-6-9/h9-14H,1-8H2/t10-,11-/m0/s1. The number of rotatable bonds is 2. The van der Waals surface area contributed by atoms with Crippen molar-refractivity contribution in [3.63, 3.8) is 0 Å². The molecule has 2 aliphatic rings. The van der Waals surface area contributed by atoms with E-state index in [1.165, 1.54) is 25.7 Å². The van der Waals surface area contributed by atoms with Crippen LogP contribution in [0.15, 0.2) is 0 Å². The van der Waals surface area contributed by atoms with Crippen LogP contribution in [0.1, 0.15) is 38.5 Å². The molecule has 3 nitrogen and oxygen atoms in total. The lowest BCUT2D eigenvalue weighted by atomic mass is 9.91. The van der Waals surface area contributed by atoms with Gasteiger partial charge in [0, 0.05) is 12.1 Å². The lowest BCUT2D eigenvalue weighted by Crippen LogP contribution is -2.50. The molecule has 3 N–H and O–H groups in total. The average molecular weight is 198 g/mol. The minimum atomic E-state index is -0.0985. The summed E-state index contributed by atoms with van der Waals surface area (Å²) in [5.41, 5.74) is 0. The van der Waals surface area contributed by atoms with Gasteiger partial charge >= 0.3 is 0 Å². The molecule has 0 spiro atoms. The first-order valence-corrected chi connectivity index (χ1v) is 6.01. The van der Waals surface area contributed by atoms with E-state index in [1.807, 2.05) is 0 Å². The van der Waals surface area contributed by atoms with E-state index in [0.717, 1.165) is 25.9 Å². The van der Waals surface area contributed by atoms with Gasteiger partial charge in [0.25, 0.3) is 0 Å². The normalized spacial score (nSPS) is 35.8. The maximum atomic E-state index is 9.82. The van der Waals surface area contributed by atoms with Gasteiger partial charge in [-0.05, 0) is 38.8 Å². The zero-order valence-corrected chi connectivity index (χ0v) is 8.84. The minimum Gasteiger partial charge on any atom is -0.392 e. The fraction of sp³-hybridized carbons (Fsp3) is 1.00. The third-order valence-corrected chi connectivity index (χ3v) is 3.52. The van der Waals surface area contributed by atoms with Gasteiger partial charge in [0.05, 0.1) is 6.10 Å². The summed E-state index contributed by atoms with van der Waals surface area (Å²) >= 11 is 0. The molecule has 1 heterocycles. The lowest BCUT2D eigenvalue weighted by molar-refractivity contribution is 0.0822. The second-order valence-electron chi connectivity index (χ2n) is 4.65. The predicted molar refractivity (Wildman–Crippen MR) is 57.3 cm³/mol. The highest BCUT2D eigenvalue weighted by molar-refractivity contribution is 4.85. The van der Waals surface area contributed by atoms with Crippen molar-refractivity contribution in [2.45, 2.75) is 56.7 Å². The number of hydrogen-bond donors (Lipinski definition) is 3. The summed E-state index contributed by atoms with van der Waals surface area (Å²) in [6, 6.07) is 1.00. The Bertz CT molecular complexity index is 169. The number of aliphatic hydroxyl groups is 1. The molecule has 1 saturated heterocycles. The number of aliphatic hydroxyl groups excluding tert-OH is 1. The van der Waals surface area contributed by atoms with Crippen molar-refractivity contribution in [1.82, 2.24) is 10.6 Å².